The van der Waals surface area contributed by atoms with Crippen LogP contribution in [-0.2, 0) is 16.5 Å². The molecule has 0 aromatic carbocycles. The topological polar surface area (TPSA) is 130 Å². The van der Waals surface area contributed by atoms with E-state index in [0.717, 1.165) is 0 Å². The Balaban J connectivity index is -0.0000000233. The summed E-state index contributed by atoms with van der Waals surface area (Å²) >= 11 is -0.472. The second-order valence-electron chi connectivity index (χ2n) is 0.283. The zero-order chi connectivity index (χ0) is 6.28. The number of hydrogen-bond acceptors (Lipinski definition) is 2. The van der Waals surface area contributed by atoms with Gasteiger partial charge in [-0.1, -0.05) is 0 Å². The van der Waals surface area contributed by atoms with Crippen molar-refractivity contribution < 1.29 is 26.8 Å². The molecule has 0 aliphatic carbocycles. The van der Waals surface area contributed by atoms with Gasteiger partial charge in [-0.05, 0) is 0 Å². The van der Waals surface area contributed by atoms with Crippen LogP contribution in [0.5, 0.6) is 0 Å². The van der Waals surface area contributed by atoms with Crippen LogP contribution in [0, 0.1) is 10.1 Å². The van der Waals surface area contributed by atoms with Crippen LogP contribution in [-0.4, -0.2) is 10.3 Å². The summed E-state index contributed by atoms with van der Waals surface area (Å²) in [6.07, 6.45) is 0. The maximum atomic E-state index is 8.36. The van der Waals surface area contributed by atoms with E-state index in [2.05, 4.69) is 0 Å². The van der Waals surface area contributed by atoms with Gasteiger partial charge in [0.05, 0.1) is 0 Å². The molecule has 5 N–H and O–H groups in total. The molecule has 6 nitrogen and oxygen atoms in total. The molecule has 0 heterocycles. The van der Waals surface area contributed by atoms with Gasteiger partial charge in [0.1, 0.15) is 0 Å². The zero-order valence-corrected chi connectivity index (χ0v) is 7.72. The van der Waals surface area contributed by atoms with Crippen LogP contribution in [0.4, 0.5) is 0 Å². The van der Waals surface area contributed by atoms with Crippen molar-refractivity contribution >= 4 is 18.8 Å². The van der Waals surface area contributed by atoms with E-state index in [1.807, 2.05) is 0 Å². The summed E-state index contributed by atoms with van der Waals surface area (Å²) in [6.45, 7) is 0. The van der Waals surface area contributed by atoms with Gasteiger partial charge in [0.2, 0.25) is 0 Å². The summed E-state index contributed by atoms with van der Waals surface area (Å²) in [5.74, 6) is 0. The van der Waals surface area contributed by atoms with Gasteiger partial charge in [-0.15, -0.1) is 10.1 Å². The fourth-order valence-electron chi connectivity index (χ4n) is 0. The van der Waals surface area contributed by atoms with Gasteiger partial charge in [0.15, 0.2) is 0 Å². The van der Waals surface area contributed by atoms with E-state index in [4.69, 9.17) is 34.2 Å². The summed E-state index contributed by atoms with van der Waals surface area (Å²) in [5, 5.41) is 13.6. The number of rotatable bonds is 0. The minimum atomic E-state index is -1.50. The molecule has 0 aromatic heterocycles. The molecule has 0 saturated heterocycles. The van der Waals surface area contributed by atoms with Crippen molar-refractivity contribution in [3.05, 3.63) is 22.4 Å². The fraction of sp³-hybridized carbons (Fsp3) is 0. The van der Waals surface area contributed by atoms with Crippen molar-refractivity contribution in [1.82, 2.24) is 0 Å². The summed E-state index contributed by atoms with van der Waals surface area (Å²) < 4.78 is 0. The van der Waals surface area contributed by atoms with Crippen LogP contribution in [0.25, 0.3) is 12.3 Å². The molecule has 0 unspecified atom stereocenters. The van der Waals surface area contributed by atoms with E-state index in [9.17, 15) is 0 Å². The monoisotopic (exact) mass is 360 g/mol. The Kier molecular flexibility index (Phi) is 60.1. The molecule has 0 saturated carbocycles. The van der Waals surface area contributed by atoms with E-state index >= 15 is 0 Å². The van der Waals surface area contributed by atoms with Gasteiger partial charge in [0.25, 0.3) is 5.09 Å². The molecule has 0 aromatic rings. The molecule has 0 amide bonds. The maximum Gasteiger partial charge on any atom is -0.693 e. The van der Waals surface area contributed by atoms with Crippen molar-refractivity contribution in [1.29, 1.82) is 0 Å². The fourth-order valence-corrected chi connectivity index (χ4v) is 0. The predicted octanol–water partition coefficient (Wildman–Crippen LogP) is 2.46. The van der Waals surface area contributed by atoms with Crippen molar-refractivity contribution in [3.63, 3.8) is 0 Å². The van der Waals surface area contributed by atoms with Gasteiger partial charge in [0, 0.05) is 0 Å². The Labute approximate surface area is 68.2 Å². The first-order valence-electron chi connectivity index (χ1n) is 0.804. The standard InChI is InChI=1S/2ClH.HNO3.2H2N.Pt/c;;2-1(3)4;;;/h2*1H;(H,2,3,4);2*1H2;/q;;;2*-1;+4/p-2. The van der Waals surface area contributed by atoms with Crippen LogP contribution in [0.1, 0.15) is 0 Å². The minimum absolute atomic E-state index is 0. The van der Waals surface area contributed by atoms with Crippen LogP contribution < -0.4 is 0 Å². The third-order valence-electron chi connectivity index (χ3n) is 0. The summed E-state index contributed by atoms with van der Waals surface area (Å²) in [5.41, 5.74) is 0. The Bertz CT molecular complexity index is 48.3. The normalized spacial score (nSPS) is 5.11. The minimum Gasteiger partial charge on any atom is -0.693 e. The molecule has 0 bridgehead atoms. The van der Waals surface area contributed by atoms with E-state index in [1.54, 1.807) is 0 Å². The molecular formula is H5Cl2N3O3Pt. The average molecular weight is 361 g/mol. The average Bonchev–Trinajstić information content (AvgIpc) is 1.33. The predicted molar refractivity (Wildman–Crippen MR) is 31.1 cm³/mol. The quantitative estimate of drug-likeness (QED) is 0.525. The van der Waals surface area contributed by atoms with Gasteiger partial charge in [-0.3, -0.25) is 0 Å². The van der Waals surface area contributed by atoms with Crippen LogP contribution in [0.15, 0.2) is 0 Å². The largest absolute Gasteiger partial charge is 0.693 e. The Morgan fingerprint density at radius 3 is 1.44 bits per heavy atom. The molecule has 62 valence electrons. The molecule has 0 aliphatic heterocycles. The third-order valence-corrected chi connectivity index (χ3v) is 0. The van der Waals surface area contributed by atoms with Gasteiger partial charge in [-0.2, -0.15) is 0 Å². The third kappa shape index (κ3) is 2270. The molecule has 0 fully saturated rings. The van der Waals surface area contributed by atoms with Gasteiger partial charge < -0.3 is 17.5 Å². The van der Waals surface area contributed by atoms with E-state index in [0.29, 0.717) is 0 Å². The van der Waals surface area contributed by atoms with E-state index in [1.165, 1.54) is 0 Å². The molecule has 9 heavy (non-hydrogen) atoms. The Hall–Kier alpha value is 0.388. The Morgan fingerprint density at radius 2 is 1.44 bits per heavy atom. The molecule has 0 atom stereocenters. The van der Waals surface area contributed by atoms with Crippen LogP contribution >= 0.6 is 18.8 Å². The molecule has 0 rings (SSSR count). The first kappa shape index (κ1) is 22.8. The maximum absolute atomic E-state index is 8.36. The molecule has 0 spiro atoms. The molecule has 0 aliphatic rings. The molecular weight excluding hydrogens is 356 g/mol. The second-order valence-corrected chi connectivity index (χ2v) is 3.57. The zero-order valence-electron chi connectivity index (χ0n) is 3.94. The molecule has 9 heteroatoms. The number of halogens is 2. The Morgan fingerprint density at radius 1 is 1.44 bits per heavy atom. The van der Waals surface area contributed by atoms with Gasteiger partial charge >= 0.3 is 35.3 Å². The van der Waals surface area contributed by atoms with E-state index < -0.39 is 21.6 Å². The molecule has 0 radical (unpaired) electrons. The number of nitrogens with zero attached hydrogens (tertiary/aromatic N) is 1. The number of hydrogen-bond donors (Lipinski definition) is 1. The first-order chi connectivity index (χ1) is 3.15. The van der Waals surface area contributed by atoms with Crippen molar-refractivity contribution in [2.75, 3.05) is 0 Å². The number of nitrogens with two attached hydrogens (primary N) is 2. The smallest absolute Gasteiger partial charge is 0.693 e. The summed E-state index contributed by atoms with van der Waals surface area (Å²) in [7, 11) is 9.75. The first-order valence-corrected chi connectivity index (χ1v) is 6.44. The second kappa shape index (κ2) is 23.8. The van der Waals surface area contributed by atoms with Gasteiger partial charge in [-0.25, -0.2) is 0 Å². The summed E-state index contributed by atoms with van der Waals surface area (Å²) in [4.78, 5) is 8.36. The SMILES string of the molecule is O=[N+]([O-])O.[Cl][Pt+2][Cl].[NH2-].[NH2-]. The van der Waals surface area contributed by atoms with Crippen LogP contribution in [0.3, 0.4) is 0 Å². The van der Waals surface area contributed by atoms with Crippen molar-refractivity contribution in [3.8, 4) is 0 Å². The van der Waals surface area contributed by atoms with Crippen LogP contribution in [0.2, 0.25) is 0 Å². The van der Waals surface area contributed by atoms with Crippen molar-refractivity contribution in [2.24, 2.45) is 0 Å². The van der Waals surface area contributed by atoms with Crippen molar-refractivity contribution in [2.45, 2.75) is 0 Å². The summed E-state index contributed by atoms with van der Waals surface area (Å²) in [6, 6.07) is 0. The van der Waals surface area contributed by atoms with E-state index in [-0.39, 0.29) is 12.3 Å².